The third kappa shape index (κ3) is 6.29. The van der Waals surface area contributed by atoms with E-state index in [-0.39, 0.29) is 15.8 Å². The second-order valence-corrected chi connectivity index (χ2v) is 4.61. The molecule has 0 amide bonds. The monoisotopic (exact) mass is 272 g/mol. The highest BCUT2D eigenvalue weighted by Crippen LogP contribution is 2.23. The van der Waals surface area contributed by atoms with E-state index in [4.69, 9.17) is 39.5 Å². The normalized spacial score (nSPS) is 14.2. The molecule has 0 bridgehead atoms. The predicted molar refractivity (Wildman–Crippen MR) is 64.5 cm³/mol. The highest BCUT2D eigenvalue weighted by Gasteiger charge is 2.25. The van der Waals surface area contributed by atoms with E-state index >= 15 is 0 Å². The summed E-state index contributed by atoms with van der Waals surface area (Å²) in [6.07, 6.45) is 3.02. The SMILES string of the molecule is CCC[C@H](Cl)[C@@H](C=C(Cl)Cl)C(=O)OCC. The molecule has 15 heavy (non-hydrogen) atoms. The van der Waals surface area contributed by atoms with Gasteiger partial charge in [-0.1, -0.05) is 36.5 Å². The average molecular weight is 274 g/mol. The summed E-state index contributed by atoms with van der Waals surface area (Å²) in [7, 11) is 0. The van der Waals surface area contributed by atoms with Crippen molar-refractivity contribution in [1.29, 1.82) is 0 Å². The molecule has 0 aromatic carbocycles. The van der Waals surface area contributed by atoms with Crippen molar-refractivity contribution in [3.8, 4) is 0 Å². The highest BCUT2D eigenvalue weighted by molar-refractivity contribution is 6.56. The minimum atomic E-state index is -0.573. The molecule has 0 heterocycles. The van der Waals surface area contributed by atoms with Crippen LogP contribution in [-0.4, -0.2) is 18.0 Å². The zero-order valence-electron chi connectivity index (χ0n) is 8.80. The molecule has 0 aromatic rings. The Kier molecular flexibility index (Phi) is 8.30. The van der Waals surface area contributed by atoms with Gasteiger partial charge in [0, 0.05) is 0 Å². The second kappa shape index (κ2) is 8.26. The van der Waals surface area contributed by atoms with Gasteiger partial charge >= 0.3 is 5.97 Å². The van der Waals surface area contributed by atoms with Crippen molar-refractivity contribution in [1.82, 2.24) is 0 Å². The Labute approximate surface area is 106 Å². The Balaban J connectivity index is 4.57. The summed E-state index contributed by atoms with van der Waals surface area (Å²) >= 11 is 17.1. The van der Waals surface area contributed by atoms with Gasteiger partial charge in [0.2, 0.25) is 0 Å². The molecule has 5 heteroatoms. The Hall–Kier alpha value is 0.0800. The average Bonchev–Trinajstić information content (AvgIpc) is 2.14. The van der Waals surface area contributed by atoms with Gasteiger partial charge in [0.25, 0.3) is 0 Å². The minimum absolute atomic E-state index is 0.0369. The number of hydrogen-bond acceptors (Lipinski definition) is 2. The third-order valence-electron chi connectivity index (χ3n) is 1.82. The van der Waals surface area contributed by atoms with Crippen molar-refractivity contribution in [2.24, 2.45) is 5.92 Å². The Bertz CT molecular complexity index is 225. The van der Waals surface area contributed by atoms with Crippen molar-refractivity contribution >= 4 is 40.8 Å². The van der Waals surface area contributed by atoms with Crippen LogP contribution in [0.25, 0.3) is 0 Å². The lowest BCUT2D eigenvalue weighted by atomic mass is 10.0. The Morgan fingerprint density at radius 3 is 2.40 bits per heavy atom. The van der Waals surface area contributed by atoms with E-state index in [9.17, 15) is 4.79 Å². The smallest absolute Gasteiger partial charge is 0.314 e. The van der Waals surface area contributed by atoms with Crippen LogP contribution < -0.4 is 0 Å². The van der Waals surface area contributed by atoms with Crippen LogP contribution in [0, 0.1) is 5.92 Å². The molecule has 0 fully saturated rings. The van der Waals surface area contributed by atoms with E-state index in [2.05, 4.69) is 0 Å². The fraction of sp³-hybridized carbons (Fsp3) is 0.700. The highest BCUT2D eigenvalue weighted by atomic mass is 35.5. The van der Waals surface area contributed by atoms with Crippen molar-refractivity contribution < 1.29 is 9.53 Å². The van der Waals surface area contributed by atoms with Gasteiger partial charge in [0.15, 0.2) is 0 Å². The summed E-state index contributed by atoms with van der Waals surface area (Å²) in [5.41, 5.74) is 0. The number of esters is 1. The van der Waals surface area contributed by atoms with Crippen molar-refractivity contribution in [2.45, 2.75) is 32.1 Å². The minimum Gasteiger partial charge on any atom is -0.465 e. The number of halogens is 3. The molecule has 0 radical (unpaired) electrons. The van der Waals surface area contributed by atoms with Gasteiger partial charge in [-0.15, -0.1) is 11.6 Å². The van der Waals surface area contributed by atoms with E-state index in [1.54, 1.807) is 6.92 Å². The quantitative estimate of drug-likeness (QED) is 0.542. The maximum atomic E-state index is 11.5. The molecule has 0 saturated heterocycles. The number of rotatable bonds is 6. The lowest BCUT2D eigenvalue weighted by Crippen LogP contribution is -2.25. The fourth-order valence-corrected chi connectivity index (χ4v) is 1.81. The first-order valence-electron chi connectivity index (χ1n) is 4.86. The number of ether oxygens (including phenoxy) is 1. The number of hydrogen-bond donors (Lipinski definition) is 0. The van der Waals surface area contributed by atoms with Crippen LogP contribution >= 0.6 is 34.8 Å². The first-order valence-corrected chi connectivity index (χ1v) is 6.05. The van der Waals surface area contributed by atoms with E-state index in [0.717, 1.165) is 6.42 Å². The summed E-state index contributed by atoms with van der Waals surface area (Å²) in [5.74, 6) is -0.957. The van der Waals surface area contributed by atoms with Gasteiger partial charge in [-0.3, -0.25) is 4.79 Å². The molecule has 0 rings (SSSR count). The maximum absolute atomic E-state index is 11.5. The largest absolute Gasteiger partial charge is 0.465 e. The molecule has 0 aliphatic carbocycles. The molecule has 0 aromatic heterocycles. The van der Waals surface area contributed by atoms with Gasteiger partial charge < -0.3 is 4.74 Å². The third-order valence-corrected chi connectivity index (χ3v) is 2.56. The summed E-state index contributed by atoms with van der Waals surface area (Å²) in [6, 6.07) is 0. The van der Waals surface area contributed by atoms with Crippen LogP contribution in [0.15, 0.2) is 10.6 Å². The Morgan fingerprint density at radius 2 is 2.00 bits per heavy atom. The fourth-order valence-electron chi connectivity index (χ4n) is 1.15. The van der Waals surface area contributed by atoms with E-state index in [1.807, 2.05) is 6.92 Å². The second-order valence-electron chi connectivity index (χ2n) is 3.04. The van der Waals surface area contributed by atoms with Gasteiger partial charge in [-0.2, -0.15) is 0 Å². The van der Waals surface area contributed by atoms with Crippen LogP contribution in [0.3, 0.4) is 0 Å². The molecular weight excluding hydrogens is 258 g/mol. The van der Waals surface area contributed by atoms with Crippen LogP contribution in [-0.2, 0) is 9.53 Å². The van der Waals surface area contributed by atoms with E-state index in [0.29, 0.717) is 13.0 Å². The topological polar surface area (TPSA) is 26.3 Å². The van der Waals surface area contributed by atoms with Crippen LogP contribution in [0.2, 0.25) is 0 Å². The molecule has 0 aliphatic rings. The van der Waals surface area contributed by atoms with Crippen molar-refractivity contribution in [3.63, 3.8) is 0 Å². The van der Waals surface area contributed by atoms with E-state index < -0.39 is 5.92 Å². The molecule has 88 valence electrons. The molecule has 2 atom stereocenters. The standard InChI is InChI=1S/C10H15Cl3O2/c1-3-5-8(11)7(6-9(12)13)10(14)15-4-2/h6-8H,3-5H2,1-2H3/t7-,8+/m1/s1. The van der Waals surface area contributed by atoms with Crippen LogP contribution in [0.1, 0.15) is 26.7 Å². The molecule has 2 nitrogen and oxygen atoms in total. The first kappa shape index (κ1) is 15.1. The van der Waals surface area contributed by atoms with Gasteiger partial charge in [-0.05, 0) is 19.4 Å². The molecule has 0 spiro atoms. The summed E-state index contributed by atoms with van der Waals surface area (Å²) < 4.78 is 4.92. The maximum Gasteiger partial charge on any atom is 0.314 e. The van der Waals surface area contributed by atoms with Gasteiger partial charge in [0.05, 0.1) is 17.9 Å². The number of carbonyl (C=O) groups is 1. The van der Waals surface area contributed by atoms with Crippen molar-refractivity contribution in [3.05, 3.63) is 10.6 Å². The number of carbonyl (C=O) groups excluding carboxylic acids is 1. The van der Waals surface area contributed by atoms with E-state index in [1.165, 1.54) is 6.08 Å². The van der Waals surface area contributed by atoms with Crippen molar-refractivity contribution in [2.75, 3.05) is 6.61 Å². The molecule has 0 unspecified atom stereocenters. The zero-order valence-corrected chi connectivity index (χ0v) is 11.1. The first-order chi connectivity index (χ1) is 7.02. The predicted octanol–water partition coefficient (Wildman–Crippen LogP) is 3.89. The summed E-state index contributed by atoms with van der Waals surface area (Å²) in [5, 5.41) is -0.332. The van der Waals surface area contributed by atoms with Gasteiger partial charge in [-0.25, -0.2) is 0 Å². The van der Waals surface area contributed by atoms with Crippen LogP contribution in [0.4, 0.5) is 0 Å². The molecular formula is C10H15Cl3O2. The number of alkyl halides is 1. The van der Waals surface area contributed by atoms with Crippen LogP contribution in [0.5, 0.6) is 0 Å². The zero-order chi connectivity index (χ0) is 11.8. The Morgan fingerprint density at radius 1 is 1.40 bits per heavy atom. The van der Waals surface area contributed by atoms with Gasteiger partial charge in [0.1, 0.15) is 4.49 Å². The molecule has 0 N–H and O–H groups in total. The molecule has 0 aliphatic heterocycles. The molecule has 0 saturated carbocycles. The summed E-state index contributed by atoms with van der Waals surface area (Å²) in [4.78, 5) is 11.5. The lowest BCUT2D eigenvalue weighted by molar-refractivity contribution is -0.146. The lowest BCUT2D eigenvalue weighted by Gasteiger charge is -2.16. The summed E-state index contributed by atoms with van der Waals surface area (Å²) in [6.45, 7) is 4.05.